The third kappa shape index (κ3) is 4.75. The first-order valence-electron chi connectivity index (χ1n) is 11.8. The molecule has 0 radical (unpaired) electrons. The lowest BCUT2D eigenvalue weighted by molar-refractivity contribution is 0.0629. The fraction of sp³-hybridized carbons (Fsp3) is 0.179. The summed E-state index contributed by atoms with van der Waals surface area (Å²) in [5, 5.41) is 4.95. The maximum absolute atomic E-state index is 13.5. The van der Waals surface area contributed by atoms with Crippen molar-refractivity contribution in [1.82, 2.24) is 19.7 Å². The van der Waals surface area contributed by atoms with E-state index in [1.165, 1.54) is 23.1 Å². The van der Waals surface area contributed by atoms with Gasteiger partial charge in [0.1, 0.15) is 0 Å². The molecular formula is C28H23ClN4O4. The van der Waals surface area contributed by atoms with E-state index in [1.54, 1.807) is 17.0 Å². The molecular weight excluding hydrogens is 492 g/mol. The molecule has 8 nitrogen and oxygen atoms in total. The Morgan fingerprint density at radius 2 is 1.84 bits per heavy atom. The fourth-order valence-corrected chi connectivity index (χ4v) is 4.88. The third-order valence-corrected chi connectivity index (χ3v) is 6.64. The lowest BCUT2D eigenvalue weighted by atomic mass is 9.83. The van der Waals surface area contributed by atoms with Gasteiger partial charge in [0, 0.05) is 36.4 Å². The second kappa shape index (κ2) is 10.4. The van der Waals surface area contributed by atoms with Gasteiger partial charge >= 0.3 is 5.97 Å². The predicted molar refractivity (Wildman–Crippen MR) is 138 cm³/mol. The molecule has 2 aromatic carbocycles. The monoisotopic (exact) mass is 514 g/mol. The van der Waals surface area contributed by atoms with Gasteiger partial charge < -0.3 is 9.64 Å². The summed E-state index contributed by atoms with van der Waals surface area (Å²) in [5.41, 5.74) is 1.35. The van der Waals surface area contributed by atoms with Crippen molar-refractivity contribution in [2.45, 2.75) is 18.9 Å². The first-order chi connectivity index (χ1) is 18.0. The minimum atomic E-state index is -0.786. The van der Waals surface area contributed by atoms with E-state index in [-0.39, 0.29) is 22.9 Å². The number of halogens is 1. The van der Waals surface area contributed by atoms with Crippen LogP contribution in [0.25, 0.3) is 0 Å². The first kappa shape index (κ1) is 24.4. The molecule has 0 aliphatic carbocycles. The molecule has 37 heavy (non-hydrogen) atoms. The van der Waals surface area contributed by atoms with Crippen LogP contribution >= 0.6 is 11.6 Å². The molecule has 2 atom stereocenters. The Morgan fingerprint density at radius 1 is 1.05 bits per heavy atom. The Hall–Kier alpha value is -4.30. The number of hydrogen-bond donors (Lipinski definition) is 0. The molecule has 0 bridgehead atoms. The van der Waals surface area contributed by atoms with Gasteiger partial charge in [0.05, 0.1) is 17.8 Å². The lowest BCUT2D eigenvalue weighted by Crippen LogP contribution is -2.47. The number of carbonyl (C=O) groups excluding carboxylic acids is 2. The highest BCUT2D eigenvalue weighted by Gasteiger charge is 2.40. The molecule has 0 N–H and O–H groups in total. The largest absolute Gasteiger partial charge is 0.416 e. The van der Waals surface area contributed by atoms with E-state index in [4.69, 9.17) is 16.3 Å². The van der Waals surface area contributed by atoms with Crippen LogP contribution < -0.4 is 10.2 Å². The molecule has 0 fully saturated rings. The minimum Gasteiger partial charge on any atom is -0.416 e. The Balaban J connectivity index is 1.68. The van der Waals surface area contributed by atoms with Gasteiger partial charge in [-0.05, 0) is 42.3 Å². The number of rotatable bonds is 6. The number of carbonyl (C=O) groups is 2. The SMILES string of the molecule is CCN1C[C@H](C(c2ccccc2)c2cccc(Cl)c2)n2ncc(=O)c(OC(=O)c3cccnc3)c2C1=O. The fourth-order valence-electron chi connectivity index (χ4n) is 4.68. The number of hydrogen-bond acceptors (Lipinski definition) is 6. The number of amides is 1. The average molecular weight is 515 g/mol. The number of nitrogens with zero attached hydrogens (tertiary/aromatic N) is 4. The Bertz CT molecular complexity index is 1510. The number of esters is 1. The van der Waals surface area contributed by atoms with Gasteiger partial charge in [-0.15, -0.1) is 0 Å². The highest BCUT2D eigenvalue weighted by atomic mass is 35.5. The molecule has 4 aromatic rings. The molecule has 0 saturated heterocycles. The Morgan fingerprint density at radius 3 is 2.54 bits per heavy atom. The van der Waals surface area contributed by atoms with Crippen LogP contribution in [-0.4, -0.2) is 44.6 Å². The van der Waals surface area contributed by atoms with Crippen molar-refractivity contribution in [3.05, 3.63) is 123 Å². The standard InChI is InChI=1S/C28H23ClN4O4/c1-2-32-17-22(24(18-8-4-3-5-9-18)19-10-6-12-21(29)14-19)33-25(27(32)35)26(23(34)16-31-33)37-28(36)20-11-7-13-30-15-20/h3-16,22,24H,2,17H2,1H3/t22-,24?/m1/s1. The van der Waals surface area contributed by atoms with E-state index in [1.807, 2.05) is 55.5 Å². The molecule has 5 rings (SSSR count). The molecule has 186 valence electrons. The van der Waals surface area contributed by atoms with Gasteiger partial charge in [-0.1, -0.05) is 54.1 Å². The Labute approximate surface area is 218 Å². The van der Waals surface area contributed by atoms with Crippen molar-refractivity contribution in [3.8, 4) is 5.75 Å². The summed E-state index contributed by atoms with van der Waals surface area (Å²) in [6.45, 7) is 2.59. The summed E-state index contributed by atoms with van der Waals surface area (Å²) >= 11 is 6.37. The molecule has 2 aromatic heterocycles. The van der Waals surface area contributed by atoms with Crippen LogP contribution in [0.3, 0.4) is 0 Å². The van der Waals surface area contributed by atoms with Crippen LogP contribution in [0.4, 0.5) is 0 Å². The smallest absolute Gasteiger partial charge is 0.345 e. The van der Waals surface area contributed by atoms with Gasteiger partial charge in [0.2, 0.25) is 11.2 Å². The van der Waals surface area contributed by atoms with Crippen LogP contribution in [-0.2, 0) is 0 Å². The van der Waals surface area contributed by atoms with Crippen LogP contribution in [0.2, 0.25) is 5.02 Å². The van der Waals surface area contributed by atoms with Crippen molar-refractivity contribution in [1.29, 1.82) is 0 Å². The minimum absolute atomic E-state index is 0.0641. The summed E-state index contributed by atoms with van der Waals surface area (Å²) in [4.78, 5) is 44.8. The van der Waals surface area contributed by atoms with Gasteiger partial charge in [0.15, 0.2) is 5.69 Å². The quantitative estimate of drug-likeness (QED) is 0.355. The molecule has 1 amide bonds. The molecule has 1 aliphatic heterocycles. The zero-order chi connectivity index (χ0) is 25.9. The first-order valence-corrected chi connectivity index (χ1v) is 12.2. The second-order valence-electron chi connectivity index (χ2n) is 8.62. The maximum atomic E-state index is 13.5. The number of benzene rings is 2. The third-order valence-electron chi connectivity index (χ3n) is 6.40. The number of pyridine rings is 1. The summed E-state index contributed by atoms with van der Waals surface area (Å²) in [7, 11) is 0. The van der Waals surface area contributed by atoms with E-state index in [0.717, 1.165) is 17.3 Å². The van der Waals surface area contributed by atoms with Gasteiger partial charge in [0.25, 0.3) is 5.91 Å². The van der Waals surface area contributed by atoms with E-state index in [2.05, 4.69) is 10.1 Å². The van der Waals surface area contributed by atoms with Gasteiger partial charge in [-0.2, -0.15) is 5.10 Å². The van der Waals surface area contributed by atoms with Crippen molar-refractivity contribution in [2.75, 3.05) is 13.1 Å². The summed E-state index contributed by atoms with van der Waals surface area (Å²) in [6.07, 6.45) is 3.94. The zero-order valence-corrected chi connectivity index (χ0v) is 20.7. The number of fused-ring (bicyclic) bond motifs is 1. The van der Waals surface area contributed by atoms with Crippen molar-refractivity contribution < 1.29 is 14.3 Å². The van der Waals surface area contributed by atoms with Gasteiger partial charge in [-0.3, -0.25) is 19.3 Å². The molecule has 3 heterocycles. The maximum Gasteiger partial charge on any atom is 0.345 e. The molecule has 1 unspecified atom stereocenters. The molecule has 0 spiro atoms. The molecule has 9 heteroatoms. The van der Waals surface area contributed by atoms with Crippen LogP contribution in [0.1, 0.15) is 50.9 Å². The average Bonchev–Trinajstić information content (AvgIpc) is 2.92. The van der Waals surface area contributed by atoms with Crippen molar-refractivity contribution >= 4 is 23.5 Å². The van der Waals surface area contributed by atoms with E-state index >= 15 is 0 Å². The number of ether oxygens (including phenoxy) is 1. The normalized spacial score (nSPS) is 15.7. The molecule has 0 saturated carbocycles. The lowest BCUT2D eigenvalue weighted by Gasteiger charge is -2.39. The summed E-state index contributed by atoms with van der Waals surface area (Å²) in [5.74, 6) is -1.84. The van der Waals surface area contributed by atoms with E-state index in [0.29, 0.717) is 18.1 Å². The van der Waals surface area contributed by atoms with Crippen LogP contribution in [0, 0.1) is 0 Å². The summed E-state index contributed by atoms with van der Waals surface area (Å²) < 4.78 is 7.04. The van der Waals surface area contributed by atoms with Crippen molar-refractivity contribution in [3.63, 3.8) is 0 Å². The van der Waals surface area contributed by atoms with Crippen LogP contribution in [0.5, 0.6) is 5.75 Å². The Kier molecular flexibility index (Phi) is 6.83. The highest BCUT2D eigenvalue weighted by molar-refractivity contribution is 6.30. The molecule has 1 aliphatic rings. The number of likely N-dealkylation sites (N-methyl/N-ethyl adjacent to an activating group) is 1. The number of aromatic nitrogens is 3. The zero-order valence-electron chi connectivity index (χ0n) is 20.0. The second-order valence-corrected chi connectivity index (χ2v) is 9.05. The topological polar surface area (TPSA) is 94.4 Å². The van der Waals surface area contributed by atoms with E-state index in [9.17, 15) is 14.4 Å². The van der Waals surface area contributed by atoms with Crippen LogP contribution in [0.15, 0.2) is 90.1 Å². The predicted octanol–water partition coefficient (Wildman–Crippen LogP) is 4.36. The van der Waals surface area contributed by atoms with E-state index < -0.39 is 23.3 Å². The highest BCUT2D eigenvalue weighted by Crippen LogP contribution is 2.40. The summed E-state index contributed by atoms with van der Waals surface area (Å²) in [6, 6.07) is 20.1. The van der Waals surface area contributed by atoms with Gasteiger partial charge in [-0.25, -0.2) is 4.79 Å². The van der Waals surface area contributed by atoms with Crippen molar-refractivity contribution in [2.24, 2.45) is 0 Å².